The standard InChI is InChI=1S/C30H24F2N8O3/c31-25(32)18-12-21(19-14-34-26(35-15-19)17-10-11-17)24(33-13-18)28(41)39-40-30(43)38-27-29(42)36-22-9-5-4-8-20(22)23(37-27)16-6-2-1-3-7-16/h1-9,12-15,17,25,27H,10-11H2,(H,36,42)(H,39,41)(H2,38,40,43)/t27-/m1/s1. The fourth-order valence-corrected chi connectivity index (χ4v) is 4.54. The van der Waals surface area contributed by atoms with Gasteiger partial charge in [-0.15, -0.1) is 0 Å². The van der Waals surface area contributed by atoms with Crippen LogP contribution in [0, 0.1) is 0 Å². The minimum atomic E-state index is -2.82. The van der Waals surface area contributed by atoms with Crippen LogP contribution in [0.1, 0.15) is 58.2 Å². The van der Waals surface area contributed by atoms with Crippen molar-refractivity contribution in [2.45, 2.75) is 31.4 Å². The Morgan fingerprint density at radius 3 is 2.30 bits per heavy atom. The SMILES string of the molecule is O=C(NNC(=O)c1ncc(C(F)F)cc1-c1cnc(C2CC2)nc1)N[C@H]1N=C(c2ccccc2)c2ccccc2NC1=O. The summed E-state index contributed by atoms with van der Waals surface area (Å²) < 4.78 is 26.9. The summed E-state index contributed by atoms with van der Waals surface area (Å²) in [6, 6.07) is 16.5. The number of nitrogens with zero attached hydrogens (tertiary/aromatic N) is 4. The normalized spacial score (nSPS) is 15.9. The van der Waals surface area contributed by atoms with Crippen LogP contribution in [0.15, 0.2) is 84.2 Å². The molecule has 6 rings (SSSR count). The van der Waals surface area contributed by atoms with Gasteiger partial charge in [-0.1, -0.05) is 48.5 Å². The molecule has 4 N–H and O–H groups in total. The molecule has 1 atom stereocenters. The second-order valence-corrected chi connectivity index (χ2v) is 9.90. The Kier molecular flexibility index (Phi) is 7.52. The van der Waals surface area contributed by atoms with Gasteiger partial charge in [0.2, 0.25) is 6.17 Å². The number of fused-ring (bicyclic) bond motifs is 1. The van der Waals surface area contributed by atoms with Gasteiger partial charge < -0.3 is 10.6 Å². The largest absolute Gasteiger partial charge is 0.335 e. The number of rotatable bonds is 6. The van der Waals surface area contributed by atoms with Crippen molar-refractivity contribution in [3.63, 3.8) is 0 Å². The third-order valence-electron chi connectivity index (χ3n) is 6.85. The molecule has 13 heteroatoms. The Bertz CT molecular complexity index is 1730. The number of amides is 4. The van der Waals surface area contributed by atoms with E-state index in [9.17, 15) is 23.2 Å². The molecule has 1 fully saturated rings. The summed E-state index contributed by atoms with van der Waals surface area (Å²) in [5, 5.41) is 5.20. The van der Waals surface area contributed by atoms with Crippen LogP contribution in [0.5, 0.6) is 0 Å². The van der Waals surface area contributed by atoms with E-state index in [1.807, 2.05) is 36.4 Å². The van der Waals surface area contributed by atoms with Crippen molar-refractivity contribution in [1.29, 1.82) is 0 Å². The number of carbonyl (C=O) groups excluding carboxylic acids is 3. The molecule has 216 valence electrons. The number of alkyl halides is 2. The highest BCUT2D eigenvalue weighted by atomic mass is 19.3. The van der Waals surface area contributed by atoms with Crippen LogP contribution in [0.2, 0.25) is 0 Å². The number of benzodiazepines with no additional fused rings is 1. The first-order chi connectivity index (χ1) is 20.9. The van der Waals surface area contributed by atoms with Gasteiger partial charge in [0.1, 0.15) is 11.5 Å². The summed E-state index contributed by atoms with van der Waals surface area (Å²) in [6.07, 6.45) is 1.59. The number of hydrogen-bond acceptors (Lipinski definition) is 7. The van der Waals surface area contributed by atoms with Crippen LogP contribution in [-0.2, 0) is 4.79 Å². The number of aromatic nitrogens is 3. The Labute approximate surface area is 243 Å². The van der Waals surface area contributed by atoms with Crippen LogP contribution in [0.4, 0.5) is 19.3 Å². The quantitative estimate of drug-likeness (QED) is 0.251. The number of pyridine rings is 1. The lowest BCUT2D eigenvalue weighted by Gasteiger charge is -2.15. The van der Waals surface area contributed by atoms with Gasteiger partial charge in [0, 0.05) is 52.3 Å². The Morgan fingerprint density at radius 2 is 1.58 bits per heavy atom. The maximum atomic E-state index is 13.5. The van der Waals surface area contributed by atoms with Crippen molar-refractivity contribution in [3.8, 4) is 11.1 Å². The Balaban J connectivity index is 1.19. The molecule has 1 saturated carbocycles. The molecule has 1 aliphatic heterocycles. The number of hydrazine groups is 1. The number of aliphatic imine (C=N–C) groups is 1. The van der Waals surface area contributed by atoms with Crippen molar-refractivity contribution < 1.29 is 23.2 Å². The summed E-state index contributed by atoms with van der Waals surface area (Å²) in [6.45, 7) is 0. The third kappa shape index (κ3) is 6.05. The highest BCUT2D eigenvalue weighted by Gasteiger charge is 2.28. The third-order valence-corrected chi connectivity index (χ3v) is 6.85. The van der Waals surface area contributed by atoms with Crippen molar-refractivity contribution in [2.24, 2.45) is 4.99 Å². The number of carbonyl (C=O) groups is 3. The van der Waals surface area contributed by atoms with E-state index in [1.54, 1.807) is 18.2 Å². The van der Waals surface area contributed by atoms with E-state index in [-0.39, 0.29) is 17.2 Å². The molecule has 0 radical (unpaired) electrons. The second kappa shape index (κ2) is 11.7. The minimum Gasteiger partial charge on any atom is -0.322 e. The van der Waals surface area contributed by atoms with Gasteiger partial charge in [-0.3, -0.25) is 15.0 Å². The number of hydrogen-bond donors (Lipinski definition) is 4. The predicted octanol–water partition coefficient (Wildman–Crippen LogP) is 4.11. The maximum absolute atomic E-state index is 13.5. The molecule has 11 nitrogen and oxygen atoms in total. The summed E-state index contributed by atoms with van der Waals surface area (Å²) in [5.74, 6) is -0.554. The second-order valence-electron chi connectivity index (χ2n) is 9.90. The zero-order valence-corrected chi connectivity index (χ0v) is 22.4. The first-order valence-corrected chi connectivity index (χ1v) is 13.4. The molecule has 4 amide bonds. The van der Waals surface area contributed by atoms with Crippen molar-refractivity contribution in [2.75, 3.05) is 5.32 Å². The molecule has 1 aliphatic carbocycles. The molecule has 0 bridgehead atoms. The number of nitrogens with one attached hydrogen (secondary N) is 4. The number of urea groups is 1. The zero-order chi connectivity index (χ0) is 29.9. The molecule has 0 spiro atoms. The molecule has 2 aromatic carbocycles. The van der Waals surface area contributed by atoms with E-state index in [1.165, 1.54) is 12.4 Å². The number of anilines is 1. The van der Waals surface area contributed by atoms with E-state index < -0.39 is 36.0 Å². The van der Waals surface area contributed by atoms with Crippen LogP contribution in [-0.4, -0.2) is 44.7 Å². The van der Waals surface area contributed by atoms with E-state index >= 15 is 0 Å². The predicted molar refractivity (Wildman–Crippen MR) is 152 cm³/mol. The molecule has 0 unspecified atom stereocenters. The first kappa shape index (κ1) is 27.6. The lowest BCUT2D eigenvalue weighted by Crippen LogP contribution is -2.52. The fourth-order valence-electron chi connectivity index (χ4n) is 4.54. The van der Waals surface area contributed by atoms with Gasteiger partial charge in [0.05, 0.1) is 11.4 Å². The van der Waals surface area contributed by atoms with Gasteiger partial charge in [-0.25, -0.2) is 38.9 Å². The van der Waals surface area contributed by atoms with Gasteiger partial charge in [0.15, 0.2) is 0 Å². The van der Waals surface area contributed by atoms with E-state index in [0.717, 1.165) is 30.7 Å². The monoisotopic (exact) mass is 582 g/mol. The summed E-state index contributed by atoms with van der Waals surface area (Å²) in [4.78, 5) is 55.9. The zero-order valence-electron chi connectivity index (χ0n) is 22.4. The average molecular weight is 583 g/mol. The molecular formula is C30H24F2N8O3. The number of benzene rings is 2. The minimum absolute atomic E-state index is 0.0675. The summed E-state index contributed by atoms with van der Waals surface area (Å²) in [5.41, 5.74) is 6.53. The Morgan fingerprint density at radius 1 is 0.860 bits per heavy atom. The van der Waals surface area contributed by atoms with Crippen LogP contribution in [0.3, 0.4) is 0 Å². The van der Waals surface area contributed by atoms with Gasteiger partial charge in [-0.05, 0) is 25.0 Å². The lowest BCUT2D eigenvalue weighted by molar-refractivity contribution is -0.117. The summed E-state index contributed by atoms with van der Waals surface area (Å²) in [7, 11) is 0. The molecule has 2 aromatic heterocycles. The van der Waals surface area contributed by atoms with Crippen LogP contribution < -0.4 is 21.5 Å². The molecule has 4 aromatic rings. The molecule has 2 aliphatic rings. The molecular weight excluding hydrogens is 558 g/mol. The Hall–Kier alpha value is -5.59. The van der Waals surface area contributed by atoms with Crippen LogP contribution >= 0.6 is 0 Å². The van der Waals surface area contributed by atoms with Gasteiger partial charge >= 0.3 is 6.03 Å². The maximum Gasteiger partial charge on any atom is 0.335 e. The van der Waals surface area contributed by atoms with E-state index in [0.29, 0.717) is 28.4 Å². The van der Waals surface area contributed by atoms with Gasteiger partial charge in [-0.2, -0.15) is 0 Å². The first-order valence-electron chi connectivity index (χ1n) is 13.4. The van der Waals surface area contributed by atoms with Crippen molar-refractivity contribution >= 4 is 29.2 Å². The topological polar surface area (TPSA) is 150 Å². The van der Waals surface area contributed by atoms with Crippen molar-refractivity contribution in [1.82, 2.24) is 31.1 Å². The number of para-hydroxylation sites is 1. The highest BCUT2D eigenvalue weighted by molar-refractivity contribution is 6.19. The van der Waals surface area contributed by atoms with Gasteiger partial charge in [0.25, 0.3) is 18.2 Å². The fraction of sp³-hybridized carbons (Fsp3) is 0.167. The van der Waals surface area contributed by atoms with Crippen molar-refractivity contribution in [3.05, 3.63) is 107 Å². The van der Waals surface area contributed by atoms with E-state index in [4.69, 9.17) is 0 Å². The molecule has 0 saturated heterocycles. The summed E-state index contributed by atoms with van der Waals surface area (Å²) >= 11 is 0. The average Bonchev–Trinajstić information content (AvgIpc) is 3.89. The molecule has 43 heavy (non-hydrogen) atoms. The molecule has 3 heterocycles. The van der Waals surface area contributed by atoms with E-state index in [2.05, 4.69) is 41.4 Å². The van der Waals surface area contributed by atoms with Crippen LogP contribution in [0.25, 0.3) is 11.1 Å². The lowest BCUT2D eigenvalue weighted by atomic mass is 10.0. The smallest absolute Gasteiger partial charge is 0.322 e. The number of halogens is 2. The highest BCUT2D eigenvalue weighted by Crippen LogP contribution is 2.38.